The topological polar surface area (TPSA) is 32.3 Å². The number of nitrogens with one attached hydrogen (secondary N) is 1. The van der Waals surface area contributed by atoms with Gasteiger partial charge in [-0.05, 0) is 43.1 Å². The van der Waals surface area contributed by atoms with Gasteiger partial charge in [-0.1, -0.05) is 30.1 Å². The van der Waals surface area contributed by atoms with Gasteiger partial charge < -0.3 is 10.2 Å². The van der Waals surface area contributed by atoms with Crippen molar-refractivity contribution in [2.24, 2.45) is 0 Å². The van der Waals surface area contributed by atoms with Crippen molar-refractivity contribution in [2.75, 3.05) is 19.6 Å². The molecule has 0 atom stereocenters. The van der Waals surface area contributed by atoms with E-state index < -0.39 is 0 Å². The smallest absolute Gasteiger partial charge is 0.224 e. The van der Waals surface area contributed by atoms with Crippen molar-refractivity contribution in [1.82, 2.24) is 10.2 Å². The van der Waals surface area contributed by atoms with Crippen molar-refractivity contribution >= 4 is 29.1 Å². The summed E-state index contributed by atoms with van der Waals surface area (Å²) >= 11 is 12.0. The molecule has 20 heavy (non-hydrogen) atoms. The molecule has 5 heteroatoms. The average Bonchev–Trinajstić information content (AvgIpc) is 2.43. The molecule has 0 aromatic heterocycles. The van der Waals surface area contributed by atoms with Crippen LogP contribution in [0.25, 0.3) is 0 Å². The largest absolute Gasteiger partial charge is 0.353 e. The van der Waals surface area contributed by atoms with E-state index in [1.165, 1.54) is 0 Å². The van der Waals surface area contributed by atoms with Gasteiger partial charge in [0.1, 0.15) is 0 Å². The molecule has 1 fully saturated rings. The summed E-state index contributed by atoms with van der Waals surface area (Å²) in [4.78, 5) is 14.5. The number of rotatable bonds is 4. The molecule has 1 heterocycles. The number of carbonyl (C=O) groups is 1. The molecule has 1 N–H and O–H groups in total. The molecule has 1 aromatic rings. The Morgan fingerprint density at radius 3 is 2.70 bits per heavy atom. The van der Waals surface area contributed by atoms with Crippen LogP contribution in [-0.4, -0.2) is 36.5 Å². The lowest BCUT2D eigenvalue weighted by Crippen LogP contribution is -2.44. The summed E-state index contributed by atoms with van der Waals surface area (Å²) in [5.74, 6) is 0.0177. The highest BCUT2D eigenvalue weighted by Crippen LogP contribution is 2.21. The van der Waals surface area contributed by atoms with Gasteiger partial charge in [-0.2, -0.15) is 0 Å². The molecule has 2 rings (SSSR count). The van der Waals surface area contributed by atoms with E-state index in [0.29, 0.717) is 10.0 Å². The Labute approximate surface area is 130 Å². The summed E-state index contributed by atoms with van der Waals surface area (Å²) in [6, 6.07) is 5.49. The number of hydrogen-bond donors (Lipinski definition) is 1. The van der Waals surface area contributed by atoms with E-state index in [2.05, 4.69) is 17.1 Å². The van der Waals surface area contributed by atoms with Crippen molar-refractivity contribution in [1.29, 1.82) is 0 Å². The lowest BCUT2D eigenvalue weighted by atomic mass is 10.0. The van der Waals surface area contributed by atoms with Gasteiger partial charge in [-0.25, -0.2) is 0 Å². The SMILES string of the molecule is CCN1CCC(NC(=O)Cc2cc(Cl)ccc2Cl)CC1. The third kappa shape index (κ3) is 4.37. The third-order valence-corrected chi connectivity index (χ3v) is 4.36. The van der Waals surface area contributed by atoms with Crippen LogP contribution >= 0.6 is 23.2 Å². The van der Waals surface area contributed by atoms with Crippen molar-refractivity contribution in [3.05, 3.63) is 33.8 Å². The van der Waals surface area contributed by atoms with E-state index in [1.807, 2.05) is 0 Å². The summed E-state index contributed by atoms with van der Waals surface area (Å²) < 4.78 is 0. The van der Waals surface area contributed by atoms with Crippen LogP contribution < -0.4 is 5.32 Å². The van der Waals surface area contributed by atoms with Crippen LogP contribution in [0.1, 0.15) is 25.3 Å². The summed E-state index contributed by atoms with van der Waals surface area (Å²) in [6.45, 7) is 5.36. The van der Waals surface area contributed by atoms with E-state index in [4.69, 9.17) is 23.2 Å². The first kappa shape index (κ1) is 15.6. The predicted octanol–water partition coefficient (Wildman–Crippen LogP) is 3.14. The van der Waals surface area contributed by atoms with Gasteiger partial charge in [-0.3, -0.25) is 4.79 Å². The fraction of sp³-hybridized carbons (Fsp3) is 0.533. The lowest BCUT2D eigenvalue weighted by molar-refractivity contribution is -0.121. The van der Waals surface area contributed by atoms with Crippen molar-refractivity contribution in [3.63, 3.8) is 0 Å². The molecule has 1 aromatic carbocycles. The van der Waals surface area contributed by atoms with Crippen LogP contribution in [0.4, 0.5) is 0 Å². The molecule has 110 valence electrons. The zero-order valence-corrected chi connectivity index (χ0v) is 13.2. The molecule has 1 saturated heterocycles. The molecule has 0 radical (unpaired) electrons. The fourth-order valence-corrected chi connectivity index (χ4v) is 2.90. The molecule has 0 unspecified atom stereocenters. The Morgan fingerprint density at radius 1 is 1.35 bits per heavy atom. The number of hydrogen-bond acceptors (Lipinski definition) is 2. The first-order valence-corrected chi connectivity index (χ1v) is 7.79. The first-order valence-electron chi connectivity index (χ1n) is 7.04. The second-order valence-electron chi connectivity index (χ2n) is 5.19. The molecule has 0 bridgehead atoms. The van der Waals surface area contributed by atoms with Crippen LogP contribution in [0.5, 0.6) is 0 Å². The van der Waals surface area contributed by atoms with Crippen molar-refractivity contribution < 1.29 is 4.79 Å². The molecule has 1 amide bonds. The Bertz CT molecular complexity index is 471. The minimum absolute atomic E-state index is 0.0177. The molecule has 1 aliphatic heterocycles. The monoisotopic (exact) mass is 314 g/mol. The van der Waals surface area contributed by atoms with E-state index in [9.17, 15) is 4.79 Å². The summed E-state index contributed by atoms with van der Waals surface area (Å²) in [5, 5.41) is 4.28. The molecule has 0 spiro atoms. The Hall–Kier alpha value is -0.770. The van der Waals surface area contributed by atoms with E-state index in [0.717, 1.165) is 38.0 Å². The third-order valence-electron chi connectivity index (χ3n) is 3.76. The highest BCUT2D eigenvalue weighted by atomic mass is 35.5. The summed E-state index contributed by atoms with van der Waals surface area (Å²) in [6.07, 6.45) is 2.32. The number of likely N-dealkylation sites (tertiary alicyclic amines) is 1. The van der Waals surface area contributed by atoms with Crippen LogP contribution in [0.3, 0.4) is 0 Å². The molecule has 0 aliphatic carbocycles. The second-order valence-corrected chi connectivity index (χ2v) is 6.03. The zero-order chi connectivity index (χ0) is 14.5. The standard InChI is InChI=1S/C15H20Cl2N2O/c1-2-19-7-5-13(6-8-19)18-15(20)10-11-9-12(16)3-4-14(11)17/h3-4,9,13H,2,5-8,10H2,1H3,(H,18,20). The Kier molecular flexibility index (Phi) is 5.70. The Balaban J connectivity index is 1.85. The molecule has 0 saturated carbocycles. The first-order chi connectivity index (χ1) is 9.58. The van der Waals surface area contributed by atoms with Gasteiger partial charge in [0.15, 0.2) is 0 Å². The Morgan fingerprint density at radius 2 is 2.05 bits per heavy atom. The maximum Gasteiger partial charge on any atom is 0.224 e. The van der Waals surface area contributed by atoms with Crippen LogP contribution in [0.15, 0.2) is 18.2 Å². The number of halogens is 2. The van der Waals surface area contributed by atoms with Gasteiger partial charge in [-0.15, -0.1) is 0 Å². The minimum Gasteiger partial charge on any atom is -0.353 e. The van der Waals surface area contributed by atoms with Crippen molar-refractivity contribution in [2.45, 2.75) is 32.2 Å². The van der Waals surface area contributed by atoms with Crippen LogP contribution in [0.2, 0.25) is 10.0 Å². The summed E-state index contributed by atoms with van der Waals surface area (Å²) in [5.41, 5.74) is 0.780. The maximum absolute atomic E-state index is 12.1. The number of piperidine rings is 1. The zero-order valence-electron chi connectivity index (χ0n) is 11.7. The molecular formula is C15H20Cl2N2O. The van der Waals surface area contributed by atoms with E-state index in [1.54, 1.807) is 18.2 Å². The second kappa shape index (κ2) is 7.30. The van der Waals surface area contributed by atoms with Gasteiger partial charge in [0.2, 0.25) is 5.91 Å². The fourth-order valence-electron chi connectivity index (χ4n) is 2.52. The van der Waals surface area contributed by atoms with Gasteiger partial charge in [0.25, 0.3) is 0 Å². The molecule has 1 aliphatic rings. The molecule has 3 nitrogen and oxygen atoms in total. The van der Waals surface area contributed by atoms with Crippen LogP contribution in [0, 0.1) is 0 Å². The van der Waals surface area contributed by atoms with Crippen molar-refractivity contribution in [3.8, 4) is 0 Å². The van der Waals surface area contributed by atoms with Gasteiger partial charge >= 0.3 is 0 Å². The highest BCUT2D eigenvalue weighted by molar-refractivity contribution is 6.33. The maximum atomic E-state index is 12.1. The van der Waals surface area contributed by atoms with E-state index >= 15 is 0 Å². The molecular weight excluding hydrogens is 295 g/mol. The van der Waals surface area contributed by atoms with Gasteiger partial charge in [0, 0.05) is 29.2 Å². The summed E-state index contributed by atoms with van der Waals surface area (Å²) in [7, 11) is 0. The minimum atomic E-state index is 0.0177. The number of benzene rings is 1. The quantitative estimate of drug-likeness (QED) is 0.926. The number of nitrogens with zero attached hydrogens (tertiary/aromatic N) is 1. The lowest BCUT2D eigenvalue weighted by Gasteiger charge is -2.31. The normalized spacial score (nSPS) is 17.1. The highest BCUT2D eigenvalue weighted by Gasteiger charge is 2.19. The average molecular weight is 315 g/mol. The van der Waals surface area contributed by atoms with E-state index in [-0.39, 0.29) is 18.4 Å². The number of carbonyl (C=O) groups excluding carboxylic acids is 1. The van der Waals surface area contributed by atoms with Gasteiger partial charge in [0.05, 0.1) is 6.42 Å². The van der Waals surface area contributed by atoms with Crippen LogP contribution in [-0.2, 0) is 11.2 Å². The predicted molar refractivity (Wildman–Crippen MR) is 83.4 cm³/mol. The number of amides is 1.